The first-order valence-electron chi connectivity index (χ1n) is 5.95. The Kier molecular flexibility index (Phi) is 4.21. The van der Waals surface area contributed by atoms with Crippen LogP contribution in [0.4, 0.5) is 5.95 Å². The molecule has 5 nitrogen and oxygen atoms in total. The minimum absolute atomic E-state index is 0.000903. The number of hydrogen-bond donors (Lipinski definition) is 1. The van der Waals surface area contributed by atoms with Crippen LogP contribution >= 0.6 is 11.8 Å². The highest BCUT2D eigenvalue weighted by molar-refractivity contribution is 7.99. The Balaban J connectivity index is 2.19. The molecule has 0 bridgehead atoms. The molecule has 2 rings (SSSR count). The van der Waals surface area contributed by atoms with Crippen molar-refractivity contribution in [2.24, 2.45) is 0 Å². The number of nitrogens with two attached hydrogens (primary N) is 1. The molecule has 0 aliphatic heterocycles. The van der Waals surface area contributed by atoms with Gasteiger partial charge in [-0.25, -0.2) is 0 Å². The summed E-state index contributed by atoms with van der Waals surface area (Å²) in [5.41, 5.74) is 6.87. The molecule has 0 spiro atoms. The van der Waals surface area contributed by atoms with E-state index in [2.05, 4.69) is 15.0 Å². The maximum atomic E-state index is 5.66. The quantitative estimate of drug-likeness (QED) is 0.925. The van der Waals surface area contributed by atoms with Crippen molar-refractivity contribution in [3.8, 4) is 6.01 Å². The zero-order chi connectivity index (χ0) is 13.8. The second kappa shape index (κ2) is 5.88. The molecule has 1 aromatic carbocycles. The minimum Gasteiger partial charge on any atom is -0.461 e. The number of anilines is 1. The number of nitrogen functional groups attached to an aromatic ring is 1. The van der Waals surface area contributed by atoms with Gasteiger partial charge in [-0.3, -0.25) is 0 Å². The molecule has 0 radical (unpaired) electrons. The molecule has 0 unspecified atom stereocenters. The highest BCUT2D eigenvalue weighted by Gasteiger charge is 2.08. The summed E-state index contributed by atoms with van der Waals surface area (Å²) in [5.74, 6) is 0.167. The lowest BCUT2D eigenvalue weighted by atomic mass is 10.2. The van der Waals surface area contributed by atoms with E-state index in [1.165, 1.54) is 17.3 Å². The Hall–Kier alpha value is -1.82. The van der Waals surface area contributed by atoms with Crippen LogP contribution in [-0.4, -0.2) is 21.1 Å². The third kappa shape index (κ3) is 4.10. The van der Waals surface area contributed by atoms with Gasteiger partial charge in [0.15, 0.2) is 0 Å². The number of aryl methyl sites for hydroxylation is 1. The lowest BCUT2D eigenvalue weighted by Crippen LogP contribution is -2.10. The summed E-state index contributed by atoms with van der Waals surface area (Å²) in [5, 5.41) is 0.534. The topological polar surface area (TPSA) is 73.9 Å². The van der Waals surface area contributed by atoms with Crippen LogP contribution in [0.1, 0.15) is 19.4 Å². The Morgan fingerprint density at radius 3 is 2.42 bits per heavy atom. The van der Waals surface area contributed by atoms with Gasteiger partial charge in [-0.15, -0.1) is 0 Å². The van der Waals surface area contributed by atoms with E-state index in [9.17, 15) is 0 Å². The summed E-state index contributed by atoms with van der Waals surface area (Å²) in [6, 6.07) is 8.38. The molecule has 0 fully saturated rings. The van der Waals surface area contributed by atoms with Gasteiger partial charge >= 0.3 is 6.01 Å². The molecular formula is C13H16N4OS. The van der Waals surface area contributed by atoms with Gasteiger partial charge in [-0.2, -0.15) is 15.0 Å². The third-order valence-corrected chi connectivity index (χ3v) is 3.06. The molecular weight excluding hydrogens is 260 g/mol. The first-order chi connectivity index (χ1) is 9.02. The lowest BCUT2D eigenvalue weighted by molar-refractivity contribution is 0.219. The fraction of sp³-hybridized carbons (Fsp3) is 0.308. The summed E-state index contributed by atoms with van der Waals surface area (Å²) >= 11 is 1.43. The summed E-state index contributed by atoms with van der Waals surface area (Å²) < 4.78 is 5.44. The highest BCUT2D eigenvalue weighted by Crippen LogP contribution is 2.26. The van der Waals surface area contributed by atoms with Crippen LogP contribution in [-0.2, 0) is 0 Å². The molecule has 0 aliphatic carbocycles. The van der Waals surface area contributed by atoms with E-state index in [0.29, 0.717) is 5.16 Å². The smallest absolute Gasteiger partial charge is 0.322 e. The Bertz CT molecular complexity index is 557. The van der Waals surface area contributed by atoms with Crippen LogP contribution in [0.3, 0.4) is 0 Å². The van der Waals surface area contributed by atoms with Gasteiger partial charge in [0.1, 0.15) is 0 Å². The van der Waals surface area contributed by atoms with E-state index in [4.69, 9.17) is 10.5 Å². The van der Waals surface area contributed by atoms with Gasteiger partial charge in [0.25, 0.3) is 0 Å². The Labute approximate surface area is 116 Å². The van der Waals surface area contributed by atoms with Gasteiger partial charge in [0.2, 0.25) is 11.1 Å². The van der Waals surface area contributed by atoms with Crippen molar-refractivity contribution in [3.05, 3.63) is 29.8 Å². The molecule has 2 N–H and O–H groups in total. The largest absolute Gasteiger partial charge is 0.461 e. The maximum Gasteiger partial charge on any atom is 0.322 e. The van der Waals surface area contributed by atoms with Crippen LogP contribution in [0.15, 0.2) is 34.3 Å². The van der Waals surface area contributed by atoms with E-state index in [1.54, 1.807) is 0 Å². The van der Waals surface area contributed by atoms with Crippen molar-refractivity contribution in [2.75, 3.05) is 5.73 Å². The monoisotopic (exact) mass is 276 g/mol. The van der Waals surface area contributed by atoms with Crippen molar-refractivity contribution in [1.29, 1.82) is 0 Å². The van der Waals surface area contributed by atoms with Gasteiger partial charge < -0.3 is 10.5 Å². The molecule has 2 aromatic rings. The first-order valence-corrected chi connectivity index (χ1v) is 6.77. The SMILES string of the molecule is Cc1ccc(Sc2nc(N)nc(OC(C)C)n2)cc1. The standard InChI is InChI=1S/C13H16N4OS/c1-8(2)18-12-15-11(14)16-13(17-12)19-10-6-4-9(3)5-7-10/h4-8H,1-3H3,(H2,14,15,16,17). The zero-order valence-corrected chi connectivity index (χ0v) is 11.9. The van der Waals surface area contributed by atoms with E-state index in [0.717, 1.165) is 4.90 Å². The number of nitrogens with zero attached hydrogens (tertiary/aromatic N) is 3. The van der Waals surface area contributed by atoms with Crippen LogP contribution < -0.4 is 10.5 Å². The summed E-state index contributed by atoms with van der Waals surface area (Å²) in [6.45, 7) is 5.86. The summed E-state index contributed by atoms with van der Waals surface area (Å²) in [4.78, 5) is 13.3. The predicted molar refractivity (Wildman–Crippen MR) is 75.3 cm³/mol. The molecule has 0 atom stereocenters. The van der Waals surface area contributed by atoms with Gasteiger partial charge in [-0.1, -0.05) is 17.7 Å². The predicted octanol–water partition coefficient (Wildman–Crippen LogP) is 2.70. The lowest BCUT2D eigenvalue weighted by Gasteiger charge is -2.08. The normalized spacial score (nSPS) is 10.7. The van der Waals surface area contributed by atoms with Gasteiger partial charge in [0.05, 0.1) is 6.10 Å². The average Bonchev–Trinajstić information content (AvgIpc) is 2.30. The van der Waals surface area contributed by atoms with E-state index < -0.39 is 0 Å². The van der Waals surface area contributed by atoms with E-state index in [-0.39, 0.29) is 18.1 Å². The van der Waals surface area contributed by atoms with Gasteiger partial charge in [0, 0.05) is 4.90 Å². The summed E-state index contributed by atoms with van der Waals surface area (Å²) in [6.07, 6.45) is -0.000903. The molecule has 100 valence electrons. The number of rotatable bonds is 4. The van der Waals surface area contributed by atoms with Crippen LogP contribution in [0, 0.1) is 6.92 Å². The van der Waals surface area contributed by atoms with Crippen LogP contribution in [0.2, 0.25) is 0 Å². The Morgan fingerprint density at radius 2 is 1.79 bits per heavy atom. The van der Waals surface area contributed by atoms with Crippen molar-refractivity contribution < 1.29 is 4.74 Å². The van der Waals surface area contributed by atoms with Crippen molar-refractivity contribution in [3.63, 3.8) is 0 Å². The fourth-order valence-corrected chi connectivity index (χ4v) is 2.12. The molecule has 1 heterocycles. The third-order valence-electron chi connectivity index (χ3n) is 2.18. The van der Waals surface area contributed by atoms with E-state index >= 15 is 0 Å². The first kappa shape index (κ1) is 13.6. The molecule has 1 aromatic heterocycles. The van der Waals surface area contributed by atoms with Crippen LogP contribution in [0.5, 0.6) is 6.01 Å². The zero-order valence-electron chi connectivity index (χ0n) is 11.1. The van der Waals surface area contributed by atoms with E-state index in [1.807, 2.05) is 45.0 Å². The molecule has 0 saturated carbocycles. The highest BCUT2D eigenvalue weighted by atomic mass is 32.2. The number of benzene rings is 1. The second-order valence-corrected chi connectivity index (χ2v) is 5.38. The van der Waals surface area contributed by atoms with Crippen molar-refractivity contribution >= 4 is 17.7 Å². The van der Waals surface area contributed by atoms with Crippen molar-refractivity contribution in [1.82, 2.24) is 15.0 Å². The molecule has 19 heavy (non-hydrogen) atoms. The minimum atomic E-state index is -0.000903. The molecule has 6 heteroatoms. The fourth-order valence-electron chi connectivity index (χ4n) is 1.37. The second-order valence-electron chi connectivity index (χ2n) is 4.34. The Morgan fingerprint density at radius 1 is 1.11 bits per heavy atom. The van der Waals surface area contributed by atoms with Gasteiger partial charge in [-0.05, 0) is 44.7 Å². The maximum absolute atomic E-state index is 5.66. The molecule has 0 aliphatic rings. The molecule has 0 saturated heterocycles. The summed E-state index contributed by atoms with van der Waals surface area (Å²) in [7, 11) is 0. The molecule has 0 amide bonds. The van der Waals surface area contributed by atoms with Crippen LogP contribution in [0.25, 0.3) is 0 Å². The number of aromatic nitrogens is 3. The number of ether oxygens (including phenoxy) is 1. The average molecular weight is 276 g/mol. The number of hydrogen-bond acceptors (Lipinski definition) is 6. The van der Waals surface area contributed by atoms with Crippen molar-refractivity contribution in [2.45, 2.75) is 36.9 Å².